The molecule has 0 saturated carbocycles. The van der Waals surface area contributed by atoms with Gasteiger partial charge in [0.25, 0.3) is 0 Å². The van der Waals surface area contributed by atoms with Gasteiger partial charge in [-0.1, -0.05) is 39.7 Å². The number of rotatable bonds is 9. The van der Waals surface area contributed by atoms with E-state index < -0.39 is 0 Å². The molecule has 1 amide bonds. The minimum Gasteiger partial charge on any atom is -0.361 e. The number of carbonyl (C=O) groups excluding carboxylic acids is 1. The van der Waals surface area contributed by atoms with Crippen LogP contribution in [0.2, 0.25) is 0 Å². The molecule has 0 rings (SSSR count). The molecule has 0 saturated heterocycles. The second-order valence-corrected chi connectivity index (χ2v) is 4.22. The van der Waals surface area contributed by atoms with E-state index in [2.05, 4.69) is 25.7 Å². The number of hydrogen-bond donors (Lipinski definition) is 1. The minimum absolute atomic E-state index is 0.137. The lowest BCUT2D eigenvalue weighted by molar-refractivity contribution is -0.119. The Hall–Kier alpha value is -0.830. The Kier molecular flexibility index (Phi) is 8.91. The van der Waals surface area contributed by atoms with Crippen LogP contribution < -0.4 is 5.32 Å². The summed E-state index contributed by atoms with van der Waals surface area (Å²) in [5.41, 5.74) is 0.515. The molecule has 0 aliphatic heterocycles. The maximum absolute atomic E-state index is 11.1. The normalized spacial score (nSPS) is 12.2. The molecule has 0 spiro atoms. The summed E-state index contributed by atoms with van der Waals surface area (Å²) in [5, 5.41) is 2.66. The summed E-state index contributed by atoms with van der Waals surface area (Å²) in [5.74, 6) is 0.475. The van der Waals surface area contributed by atoms with Crippen LogP contribution in [0, 0.1) is 5.92 Å². The smallest absolute Gasteiger partial charge is 0.248 e. The summed E-state index contributed by atoms with van der Waals surface area (Å²) in [6, 6.07) is 0. The van der Waals surface area contributed by atoms with Crippen LogP contribution in [0.25, 0.3) is 0 Å². The SMILES string of the molecule is C=C(C)C(=O)NCOCC(CC)CCCC. The highest BCUT2D eigenvalue weighted by molar-refractivity contribution is 5.91. The van der Waals surface area contributed by atoms with Crippen LogP contribution in [-0.2, 0) is 9.53 Å². The van der Waals surface area contributed by atoms with Crippen LogP contribution in [-0.4, -0.2) is 19.2 Å². The van der Waals surface area contributed by atoms with Crippen molar-refractivity contribution in [3.63, 3.8) is 0 Å². The standard InChI is InChI=1S/C13H25NO2/c1-5-7-8-12(6-2)9-16-10-14-13(15)11(3)4/h12H,3,5-10H2,1-2,4H3,(H,14,15). The van der Waals surface area contributed by atoms with Gasteiger partial charge in [-0.2, -0.15) is 0 Å². The first kappa shape index (κ1) is 15.2. The van der Waals surface area contributed by atoms with Crippen molar-refractivity contribution in [1.82, 2.24) is 5.32 Å². The van der Waals surface area contributed by atoms with Gasteiger partial charge in [0.15, 0.2) is 0 Å². The second kappa shape index (κ2) is 9.40. The predicted molar refractivity (Wildman–Crippen MR) is 67.1 cm³/mol. The summed E-state index contributed by atoms with van der Waals surface area (Å²) in [6.45, 7) is 10.6. The van der Waals surface area contributed by atoms with Gasteiger partial charge in [-0.25, -0.2) is 0 Å². The fourth-order valence-corrected chi connectivity index (χ4v) is 1.39. The van der Waals surface area contributed by atoms with Gasteiger partial charge in [0, 0.05) is 5.57 Å². The lowest BCUT2D eigenvalue weighted by Gasteiger charge is -2.14. The Morgan fingerprint density at radius 3 is 2.62 bits per heavy atom. The molecule has 3 heteroatoms. The molecule has 94 valence electrons. The first-order chi connectivity index (χ1) is 7.61. The monoisotopic (exact) mass is 227 g/mol. The highest BCUT2D eigenvalue weighted by Crippen LogP contribution is 2.12. The molecule has 1 atom stereocenters. The zero-order valence-electron chi connectivity index (χ0n) is 10.8. The highest BCUT2D eigenvalue weighted by Gasteiger charge is 2.06. The van der Waals surface area contributed by atoms with E-state index in [-0.39, 0.29) is 12.6 Å². The van der Waals surface area contributed by atoms with Crippen molar-refractivity contribution in [3.8, 4) is 0 Å². The Morgan fingerprint density at radius 2 is 2.12 bits per heavy atom. The van der Waals surface area contributed by atoms with E-state index >= 15 is 0 Å². The number of hydrogen-bond acceptors (Lipinski definition) is 2. The molecular formula is C13H25NO2. The molecule has 0 fully saturated rings. The molecule has 1 N–H and O–H groups in total. The largest absolute Gasteiger partial charge is 0.361 e. The van der Waals surface area contributed by atoms with E-state index in [1.165, 1.54) is 19.3 Å². The molecule has 3 nitrogen and oxygen atoms in total. The summed E-state index contributed by atoms with van der Waals surface area (Å²) in [4.78, 5) is 11.1. The van der Waals surface area contributed by atoms with Crippen LogP contribution in [0.15, 0.2) is 12.2 Å². The summed E-state index contributed by atoms with van der Waals surface area (Å²) < 4.78 is 5.43. The molecule has 0 radical (unpaired) electrons. The van der Waals surface area contributed by atoms with E-state index in [0.29, 0.717) is 11.5 Å². The summed E-state index contributed by atoms with van der Waals surface area (Å²) in [7, 11) is 0. The molecule has 16 heavy (non-hydrogen) atoms. The molecule has 0 heterocycles. The number of ether oxygens (including phenoxy) is 1. The Bertz CT molecular complexity index is 214. The van der Waals surface area contributed by atoms with Crippen molar-refractivity contribution in [2.45, 2.75) is 46.5 Å². The van der Waals surface area contributed by atoms with Gasteiger partial charge < -0.3 is 10.1 Å². The van der Waals surface area contributed by atoms with E-state index in [1.54, 1.807) is 6.92 Å². The van der Waals surface area contributed by atoms with Crippen LogP contribution in [0.5, 0.6) is 0 Å². The quantitative estimate of drug-likeness (QED) is 0.374. The average Bonchev–Trinajstić information content (AvgIpc) is 2.27. The first-order valence-electron chi connectivity index (χ1n) is 6.13. The number of nitrogens with one attached hydrogen (secondary N) is 1. The van der Waals surface area contributed by atoms with E-state index in [4.69, 9.17) is 4.74 Å². The van der Waals surface area contributed by atoms with Crippen LogP contribution >= 0.6 is 0 Å². The topological polar surface area (TPSA) is 38.3 Å². The van der Waals surface area contributed by atoms with Crippen LogP contribution in [0.1, 0.15) is 46.5 Å². The zero-order chi connectivity index (χ0) is 12.4. The van der Waals surface area contributed by atoms with Gasteiger partial charge in [0.05, 0.1) is 6.61 Å². The van der Waals surface area contributed by atoms with Gasteiger partial charge >= 0.3 is 0 Å². The molecule has 0 aliphatic rings. The molecule has 0 aromatic carbocycles. The lowest BCUT2D eigenvalue weighted by Crippen LogP contribution is -2.27. The molecule has 0 aromatic heterocycles. The van der Waals surface area contributed by atoms with Crippen molar-refractivity contribution in [2.75, 3.05) is 13.3 Å². The predicted octanol–water partition coefficient (Wildman–Crippen LogP) is 2.87. The first-order valence-corrected chi connectivity index (χ1v) is 6.13. The third kappa shape index (κ3) is 7.46. The molecule has 0 aromatic rings. The second-order valence-electron chi connectivity index (χ2n) is 4.22. The maximum atomic E-state index is 11.1. The molecule has 0 aliphatic carbocycles. The average molecular weight is 227 g/mol. The van der Waals surface area contributed by atoms with Crippen LogP contribution in [0.4, 0.5) is 0 Å². The van der Waals surface area contributed by atoms with Crippen molar-refractivity contribution in [2.24, 2.45) is 5.92 Å². The molecule has 0 bridgehead atoms. The van der Waals surface area contributed by atoms with Crippen LogP contribution in [0.3, 0.4) is 0 Å². The highest BCUT2D eigenvalue weighted by atomic mass is 16.5. The van der Waals surface area contributed by atoms with Gasteiger partial charge in [0.2, 0.25) is 5.91 Å². The summed E-state index contributed by atoms with van der Waals surface area (Å²) in [6.07, 6.45) is 4.82. The van der Waals surface area contributed by atoms with Gasteiger partial charge in [-0.15, -0.1) is 0 Å². The molecule has 1 unspecified atom stereocenters. The maximum Gasteiger partial charge on any atom is 0.248 e. The van der Waals surface area contributed by atoms with Crippen molar-refractivity contribution in [1.29, 1.82) is 0 Å². The fraction of sp³-hybridized carbons (Fsp3) is 0.769. The Labute approximate surface area is 99.3 Å². The Balaban J connectivity index is 3.55. The van der Waals surface area contributed by atoms with E-state index in [1.807, 2.05) is 0 Å². The van der Waals surface area contributed by atoms with Crippen molar-refractivity contribution < 1.29 is 9.53 Å². The van der Waals surface area contributed by atoms with Crippen molar-refractivity contribution in [3.05, 3.63) is 12.2 Å². The van der Waals surface area contributed by atoms with Gasteiger partial charge in [0.1, 0.15) is 6.73 Å². The third-order valence-electron chi connectivity index (χ3n) is 2.62. The van der Waals surface area contributed by atoms with Gasteiger partial charge in [-0.3, -0.25) is 4.79 Å². The fourth-order valence-electron chi connectivity index (χ4n) is 1.39. The minimum atomic E-state index is -0.137. The van der Waals surface area contributed by atoms with E-state index in [0.717, 1.165) is 13.0 Å². The lowest BCUT2D eigenvalue weighted by atomic mass is 10.0. The third-order valence-corrected chi connectivity index (χ3v) is 2.62. The zero-order valence-corrected chi connectivity index (χ0v) is 10.8. The number of carbonyl (C=O) groups is 1. The molecular weight excluding hydrogens is 202 g/mol. The number of unbranched alkanes of at least 4 members (excludes halogenated alkanes) is 1. The van der Waals surface area contributed by atoms with Gasteiger partial charge in [-0.05, 0) is 19.3 Å². The Morgan fingerprint density at radius 1 is 1.44 bits per heavy atom. The number of amides is 1. The van der Waals surface area contributed by atoms with Crippen molar-refractivity contribution >= 4 is 5.91 Å². The van der Waals surface area contributed by atoms with E-state index in [9.17, 15) is 4.79 Å². The summed E-state index contributed by atoms with van der Waals surface area (Å²) >= 11 is 0.